The summed E-state index contributed by atoms with van der Waals surface area (Å²) in [6.07, 6.45) is 1.23. The molecule has 0 saturated heterocycles. The van der Waals surface area contributed by atoms with Crippen LogP contribution in [-0.4, -0.2) is 13.5 Å². The monoisotopic (exact) mass is 437 g/mol. The molecule has 0 radical (unpaired) electrons. The van der Waals surface area contributed by atoms with Crippen LogP contribution in [0.5, 0.6) is 5.75 Å². The van der Waals surface area contributed by atoms with E-state index in [9.17, 15) is 23.2 Å². The molecule has 2 aromatic rings. The Hall–Kier alpha value is -2.17. The molecule has 0 fully saturated rings. The summed E-state index contributed by atoms with van der Waals surface area (Å²) in [5.41, 5.74) is 0.662. The maximum absolute atomic E-state index is 13.0. The molecule has 0 aliphatic heterocycles. The van der Waals surface area contributed by atoms with Gasteiger partial charge < -0.3 is 5.11 Å². The minimum absolute atomic E-state index is 0.0644. The van der Waals surface area contributed by atoms with E-state index in [1.165, 1.54) is 12.1 Å². The Bertz CT molecular complexity index is 1010. The average Bonchev–Trinajstić information content (AvgIpc) is 2.54. The fourth-order valence-corrected chi connectivity index (χ4v) is 3.97. The fourth-order valence-electron chi connectivity index (χ4n) is 2.34. The Morgan fingerprint density at radius 1 is 1.23 bits per heavy atom. The molecule has 26 heavy (non-hydrogen) atoms. The van der Waals surface area contributed by atoms with Crippen LogP contribution in [0.25, 0.3) is 6.08 Å². The highest BCUT2D eigenvalue weighted by atomic mass is 79.9. The van der Waals surface area contributed by atoms with Gasteiger partial charge in [-0.1, -0.05) is 20.8 Å². The fraction of sp³-hybridized carbons (Fsp3) is 0.211. The maximum Gasteiger partial charge on any atom is 0.216 e. The van der Waals surface area contributed by atoms with E-state index in [0.717, 1.165) is 24.3 Å². The van der Waals surface area contributed by atoms with Crippen molar-refractivity contribution in [3.63, 3.8) is 0 Å². The second-order valence-corrected chi connectivity index (χ2v) is 9.50. The molecule has 0 unspecified atom stereocenters. The molecule has 0 bridgehead atoms. The SMILES string of the molecule is CC(C)(C)c1cc(/C=C(\C#N)S(=O)(=O)c2ccc(F)cc2)cc(Br)c1O. The molecular weight excluding hydrogens is 421 g/mol. The normalized spacial score (nSPS) is 12.7. The number of phenols is 1. The highest BCUT2D eigenvalue weighted by Gasteiger charge is 2.23. The zero-order valence-electron chi connectivity index (χ0n) is 14.4. The predicted octanol–water partition coefficient (Wildman–Crippen LogP) is 4.93. The second-order valence-electron chi connectivity index (χ2n) is 6.73. The zero-order valence-corrected chi connectivity index (χ0v) is 16.8. The number of sulfone groups is 1. The molecule has 7 heteroatoms. The summed E-state index contributed by atoms with van der Waals surface area (Å²) in [5.74, 6) is -0.502. The summed E-state index contributed by atoms with van der Waals surface area (Å²) in [4.78, 5) is -0.637. The van der Waals surface area contributed by atoms with E-state index in [4.69, 9.17) is 0 Å². The van der Waals surface area contributed by atoms with Crippen LogP contribution in [0.3, 0.4) is 0 Å². The molecule has 0 aliphatic carbocycles. The molecular formula is C19H17BrFNO3S. The number of allylic oxidation sites excluding steroid dienone is 1. The van der Waals surface area contributed by atoms with Crippen molar-refractivity contribution in [2.24, 2.45) is 0 Å². The number of benzene rings is 2. The smallest absolute Gasteiger partial charge is 0.216 e. The minimum atomic E-state index is -4.08. The van der Waals surface area contributed by atoms with E-state index in [-0.39, 0.29) is 16.1 Å². The molecule has 0 aliphatic rings. The number of hydrogen-bond donors (Lipinski definition) is 1. The molecule has 1 N–H and O–H groups in total. The molecule has 0 aromatic heterocycles. The van der Waals surface area contributed by atoms with E-state index in [1.807, 2.05) is 20.8 Å². The van der Waals surface area contributed by atoms with Crippen molar-refractivity contribution in [1.29, 1.82) is 5.26 Å². The number of aromatic hydroxyl groups is 1. The van der Waals surface area contributed by atoms with Crippen molar-refractivity contribution in [1.82, 2.24) is 0 Å². The quantitative estimate of drug-likeness (QED) is 0.545. The summed E-state index contributed by atoms with van der Waals surface area (Å²) in [6.45, 7) is 5.72. The zero-order chi connectivity index (χ0) is 19.7. The predicted molar refractivity (Wildman–Crippen MR) is 102 cm³/mol. The lowest BCUT2D eigenvalue weighted by Gasteiger charge is -2.21. The lowest BCUT2D eigenvalue weighted by atomic mass is 9.85. The van der Waals surface area contributed by atoms with Crippen molar-refractivity contribution in [3.8, 4) is 11.8 Å². The molecule has 2 rings (SSSR count). The van der Waals surface area contributed by atoms with Gasteiger partial charge in [-0.15, -0.1) is 0 Å². The second kappa shape index (κ2) is 7.22. The minimum Gasteiger partial charge on any atom is -0.506 e. The number of phenolic OH excluding ortho intramolecular Hbond substituents is 1. The number of nitriles is 1. The third-order valence-electron chi connectivity index (χ3n) is 3.72. The highest BCUT2D eigenvalue weighted by Crippen LogP contribution is 2.38. The molecule has 0 amide bonds. The van der Waals surface area contributed by atoms with Gasteiger partial charge in [0.1, 0.15) is 22.5 Å². The van der Waals surface area contributed by atoms with Gasteiger partial charge in [-0.3, -0.25) is 0 Å². The van der Waals surface area contributed by atoms with Crippen LogP contribution >= 0.6 is 15.9 Å². The molecule has 2 aromatic carbocycles. The van der Waals surface area contributed by atoms with Crippen LogP contribution in [0.2, 0.25) is 0 Å². The average molecular weight is 438 g/mol. The van der Waals surface area contributed by atoms with Gasteiger partial charge in [0.05, 0.1) is 9.37 Å². The van der Waals surface area contributed by atoms with Gasteiger partial charge in [-0.05, 0) is 69.4 Å². The van der Waals surface area contributed by atoms with Gasteiger partial charge >= 0.3 is 0 Å². The van der Waals surface area contributed by atoms with E-state index >= 15 is 0 Å². The van der Waals surface area contributed by atoms with Crippen LogP contribution < -0.4 is 0 Å². The van der Waals surface area contributed by atoms with Gasteiger partial charge in [0.2, 0.25) is 9.84 Å². The first-order valence-electron chi connectivity index (χ1n) is 7.62. The van der Waals surface area contributed by atoms with Crippen LogP contribution in [-0.2, 0) is 15.3 Å². The number of nitrogens with zero attached hydrogens (tertiary/aromatic N) is 1. The van der Waals surface area contributed by atoms with Crippen molar-refractivity contribution in [2.75, 3.05) is 0 Å². The van der Waals surface area contributed by atoms with Crippen molar-refractivity contribution >= 4 is 31.8 Å². The van der Waals surface area contributed by atoms with E-state index < -0.39 is 20.6 Å². The topological polar surface area (TPSA) is 78.2 Å². The Kier molecular flexibility index (Phi) is 5.59. The largest absolute Gasteiger partial charge is 0.506 e. The standard InChI is InChI=1S/C19H17BrFNO3S/c1-19(2,3)16-9-12(10-17(20)18(16)23)8-15(11-22)26(24,25)14-6-4-13(21)5-7-14/h4-10,23H,1-3H3/b15-8+. The number of halogens is 2. The highest BCUT2D eigenvalue weighted by molar-refractivity contribution is 9.10. The van der Waals surface area contributed by atoms with Gasteiger partial charge in [0.15, 0.2) is 0 Å². The lowest BCUT2D eigenvalue weighted by Crippen LogP contribution is -2.12. The third kappa shape index (κ3) is 4.14. The van der Waals surface area contributed by atoms with Crippen LogP contribution in [0.1, 0.15) is 31.9 Å². The van der Waals surface area contributed by atoms with Crippen LogP contribution in [0.15, 0.2) is 50.7 Å². The third-order valence-corrected chi connectivity index (χ3v) is 6.00. The summed E-state index contributed by atoms with van der Waals surface area (Å²) in [7, 11) is -4.08. The van der Waals surface area contributed by atoms with E-state index in [1.54, 1.807) is 12.1 Å². The van der Waals surface area contributed by atoms with Crippen LogP contribution in [0.4, 0.5) is 4.39 Å². The van der Waals surface area contributed by atoms with E-state index in [0.29, 0.717) is 15.6 Å². The van der Waals surface area contributed by atoms with Crippen molar-refractivity contribution in [3.05, 3.63) is 62.7 Å². The van der Waals surface area contributed by atoms with Crippen molar-refractivity contribution in [2.45, 2.75) is 31.1 Å². The molecule has 136 valence electrons. The Labute approximate surface area is 160 Å². The Morgan fingerprint density at radius 3 is 2.31 bits per heavy atom. The number of hydrogen-bond acceptors (Lipinski definition) is 4. The van der Waals surface area contributed by atoms with E-state index in [2.05, 4.69) is 15.9 Å². The van der Waals surface area contributed by atoms with Gasteiger partial charge in [0, 0.05) is 5.56 Å². The summed E-state index contributed by atoms with van der Waals surface area (Å²) in [5, 5.41) is 19.6. The van der Waals surface area contributed by atoms with Gasteiger partial charge in [-0.25, -0.2) is 12.8 Å². The lowest BCUT2D eigenvalue weighted by molar-refractivity contribution is 0.443. The van der Waals surface area contributed by atoms with Gasteiger partial charge in [0.25, 0.3) is 0 Å². The van der Waals surface area contributed by atoms with Crippen molar-refractivity contribution < 1.29 is 17.9 Å². The number of rotatable bonds is 3. The van der Waals surface area contributed by atoms with Gasteiger partial charge in [-0.2, -0.15) is 5.26 Å². The first-order chi connectivity index (χ1) is 12.0. The molecule has 4 nitrogen and oxygen atoms in total. The summed E-state index contributed by atoms with van der Waals surface area (Å²) >= 11 is 3.25. The molecule has 0 saturated carbocycles. The van der Waals surface area contributed by atoms with Crippen LogP contribution in [0, 0.1) is 17.1 Å². The first kappa shape index (κ1) is 20.1. The summed E-state index contributed by atoms with van der Waals surface area (Å²) in [6, 6.07) is 9.14. The molecule has 0 atom stereocenters. The molecule has 0 heterocycles. The Balaban J connectivity index is 2.61. The summed E-state index contributed by atoms with van der Waals surface area (Å²) < 4.78 is 38.7. The Morgan fingerprint density at radius 2 is 1.81 bits per heavy atom. The maximum atomic E-state index is 13.0. The molecule has 0 spiro atoms. The first-order valence-corrected chi connectivity index (χ1v) is 9.90.